The first-order valence-electron chi connectivity index (χ1n) is 9.63. The number of amides is 3. The van der Waals surface area contributed by atoms with Gasteiger partial charge in [0.25, 0.3) is 0 Å². The molecule has 30 heavy (non-hydrogen) atoms. The van der Waals surface area contributed by atoms with Crippen molar-refractivity contribution in [1.29, 1.82) is 0 Å². The maximum atomic E-state index is 13.0. The van der Waals surface area contributed by atoms with Gasteiger partial charge in [-0.3, -0.25) is 0 Å². The number of anilines is 1. The number of nitrogens with one attached hydrogen (secondary N) is 1. The van der Waals surface area contributed by atoms with Crippen LogP contribution in [-0.2, 0) is 10.9 Å². The van der Waals surface area contributed by atoms with E-state index in [0.29, 0.717) is 19.6 Å². The summed E-state index contributed by atoms with van der Waals surface area (Å²) in [7, 11) is 1.64. The van der Waals surface area contributed by atoms with Crippen LogP contribution in [0.25, 0.3) is 0 Å². The summed E-state index contributed by atoms with van der Waals surface area (Å²) in [6, 6.07) is 2.76. The normalized spacial score (nSPS) is 17.5. The van der Waals surface area contributed by atoms with Gasteiger partial charge in [-0.2, -0.15) is 13.2 Å². The molecule has 1 unspecified atom stereocenters. The van der Waals surface area contributed by atoms with Crippen molar-refractivity contribution in [3.05, 3.63) is 28.8 Å². The Labute approximate surface area is 179 Å². The van der Waals surface area contributed by atoms with Crippen LogP contribution in [0.2, 0.25) is 5.02 Å². The lowest BCUT2D eigenvalue weighted by Gasteiger charge is -2.35. The van der Waals surface area contributed by atoms with Crippen LogP contribution in [0, 0.1) is 5.92 Å². The van der Waals surface area contributed by atoms with Crippen molar-refractivity contribution < 1.29 is 27.5 Å². The molecule has 10 heteroatoms. The van der Waals surface area contributed by atoms with E-state index < -0.39 is 34.5 Å². The van der Waals surface area contributed by atoms with Crippen molar-refractivity contribution in [1.82, 2.24) is 9.80 Å². The van der Waals surface area contributed by atoms with E-state index in [9.17, 15) is 22.8 Å². The van der Waals surface area contributed by atoms with E-state index in [1.165, 1.54) is 11.0 Å². The van der Waals surface area contributed by atoms with Gasteiger partial charge in [0.15, 0.2) is 0 Å². The summed E-state index contributed by atoms with van der Waals surface area (Å²) >= 11 is 5.61. The fraction of sp³-hybridized carbons (Fsp3) is 0.600. The number of nitrogens with zero attached hydrogens (tertiary/aromatic N) is 2. The minimum absolute atomic E-state index is 0.0183. The third-order valence-electron chi connectivity index (χ3n) is 4.57. The first-order valence-corrected chi connectivity index (χ1v) is 10.0. The lowest BCUT2D eigenvalue weighted by Crippen LogP contribution is -2.46. The van der Waals surface area contributed by atoms with Gasteiger partial charge in [0.2, 0.25) is 0 Å². The van der Waals surface area contributed by atoms with Crippen molar-refractivity contribution in [3.8, 4) is 0 Å². The van der Waals surface area contributed by atoms with E-state index in [1.54, 1.807) is 32.7 Å². The molecular weight excluding hydrogens is 423 g/mol. The molecule has 1 heterocycles. The van der Waals surface area contributed by atoms with Crippen LogP contribution in [0.1, 0.15) is 39.2 Å². The Bertz CT molecular complexity index is 781. The fourth-order valence-electron chi connectivity index (χ4n) is 3.22. The van der Waals surface area contributed by atoms with Gasteiger partial charge in [0.1, 0.15) is 5.60 Å². The summed E-state index contributed by atoms with van der Waals surface area (Å²) in [5.74, 6) is 0.0398. The Balaban J connectivity index is 1.97. The molecule has 1 aliphatic heterocycles. The molecule has 0 aliphatic carbocycles. The minimum Gasteiger partial charge on any atom is -0.444 e. The van der Waals surface area contributed by atoms with E-state index in [4.69, 9.17) is 16.3 Å². The second kappa shape index (κ2) is 9.32. The molecular formula is C20H27ClF3N3O3. The largest absolute Gasteiger partial charge is 0.444 e. The highest BCUT2D eigenvalue weighted by molar-refractivity contribution is 6.31. The Morgan fingerprint density at radius 1 is 1.30 bits per heavy atom. The number of halogens is 4. The van der Waals surface area contributed by atoms with Crippen molar-refractivity contribution in [2.24, 2.45) is 5.92 Å². The maximum Gasteiger partial charge on any atom is 0.417 e. The van der Waals surface area contributed by atoms with Crippen molar-refractivity contribution in [2.75, 3.05) is 32.0 Å². The molecule has 0 saturated carbocycles. The van der Waals surface area contributed by atoms with E-state index >= 15 is 0 Å². The summed E-state index contributed by atoms with van der Waals surface area (Å²) in [5, 5.41) is 2.08. The highest BCUT2D eigenvalue weighted by Crippen LogP contribution is 2.36. The van der Waals surface area contributed by atoms with Gasteiger partial charge < -0.3 is 19.9 Å². The number of urea groups is 1. The molecule has 0 bridgehead atoms. The highest BCUT2D eigenvalue weighted by Gasteiger charge is 2.34. The molecule has 3 amide bonds. The first kappa shape index (κ1) is 24.1. The number of piperidine rings is 1. The first-order chi connectivity index (χ1) is 13.8. The van der Waals surface area contributed by atoms with Gasteiger partial charge in [0.05, 0.1) is 10.6 Å². The number of benzene rings is 1. The van der Waals surface area contributed by atoms with Crippen LogP contribution in [0.3, 0.4) is 0 Å². The number of hydrogen-bond acceptors (Lipinski definition) is 3. The molecule has 6 nitrogen and oxygen atoms in total. The molecule has 2 rings (SSSR count). The third kappa shape index (κ3) is 6.97. The monoisotopic (exact) mass is 449 g/mol. The predicted molar refractivity (Wildman–Crippen MR) is 109 cm³/mol. The number of likely N-dealkylation sites (tertiary alicyclic amines) is 1. The Kier molecular flexibility index (Phi) is 7.49. The van der Waals surface area contributed by atoms with E-state index in [-0.39, 0.29) is 11.6 Å². The number of ether oxygens (including phenoxy) is 1. The molecule has 0 aromatic heterocycles. The number of carbonyl (C=O) groups excluding carboxylic acids is 2. The number of rotatable bonds is 3. The molecule has 1 aromatic carbocycles. The molecule has 1 saturated heterocycles. The van der Waals surface area contributed by atoms with Crippen molar-refractivity contribution in [2.45, 2.75) is 45.4 Å². The van der Waals surface area contributed by atoms with E-state index in [0.717, 1.165) is 25.0 Å². The number of hydrogen-bond donors (Lipinski definition) is 1. The smallest absolute Gasteiger partial charge is 0.417 e. The van der Waals surface area contributed by atoms with Gasteiger partial charge in [-0.25, -0.2) is 9.59 Å². The van der Waals surface area contributed by atoms with Gasteiger partial charge in [-0.1, -0.05) is 11.6 Å². The zero-order valence-corrected chi connectivity index (χ0v) is 18.2. The van der Waals surface area contributed by atoms with Gasteiger partial charge in [0, 0.05) is 32.4 Å². The summed E-state index contributed by atoms with van der Waals surface area (Å²) < 4.78 is 44.4. The highest BCUT2D eigenvalue weighted by atomic mass is 35.5. The third-order valence-corrected chi connectivity index (χ3v) is 4.90. The standard InChI is InChI=1S/C20H27ClF3N3O3/c1-19(2,3)30-18(29)26(4)11-13-6-5-9-27(12-13)17(28)25-14-7-8-16(21)15(10-14)20(22,23)24/h7-8,10,13H,5-6,9,11-12H2,1-4H3,(H,25,28). The summed E-state index contributed by atoms with van der Waals surface area (Å²) in [6.45, 7) is 6.64. The quantitative estimate of drug-likeness (QED) is 0.665. The summed E-state index contributed by atoms with van der Waals surface area (Å²) in [4.78, 5) is 27.7. The van der Waals surface area contributed by atoms with E-state index in [2.05, 4.69) is 5.32 Å². The molecule has 1 aliphatic rings. The molecule has 0 radical (unpaired) electrons. The van der Waals surface area contributed by atoms with E-state index in [1.807, 2.05) is 0 Å². The molecule has 1 atom stereocenters. The average molecular weight is 450 g/mol. The number of alkyl halides is 3. The van der Waals surface area contributed by atoms with Gasteiger partial charge in [-0.05, 0) is 57.7 Å². The Morgan fingerprint density at radius 2 is 1.97 bits per heavy atom. The van der Waals surface area contributed by atoms with Crippen LogP contribution in [0.5, 0.6) is 0 Å². The molecule has 1 N–H and O–H groups in total. The van der Waals surface area contributed by atoms with Crippen LogP contribution >= 0.6 is 11.6 Å². The second-order valence-corrected chi connectivity index (χ2v) is 8.84. The zero-order valence-electron chi connectivity index (χ0n) is 17.5. The van der Waals surface area contributed by atoms with Crippen molar-refractivity contribution in [3.63, 3.8) is 0 Å². The molecule has 0 spiro atoms. The Morgan fingerprint density at radius 3 is 2.57 bits per heavy atom. The molecule has 168 valence electrons. The van der Waals surface area contributed by atoms with Crippen LogP contribution in [0.15, 0.2) is 18.2 Å². The van der Waals surface area contributed by atoms with Gasteiger partial charge in [-0.15, -0.1) is 0 Å². The average Bonchev–Trinajstić information content (AvgIpc) is 2.61. The summed E-state index contributed by atoms with van der Waals surface area (Å²) in [6.07, 6.45) is -3.49. The zero-order chi connectivity index (χ0) is 22.7. The lowest BCUT2D eigenvalue weighted by molar-refractivity contribution is -0.137. The Hall–Kier alpha value is -2.16. The number of carbonyl (C=O) groups is 2. The fourth-order valence-corrected chi connectivity index (χ4v) is 3.45. The molecule has 1 aromatic rings. The van der Waals surface area contributed by atoms with Crippen molar-refractivity contribution >= 4 is 29.4 Å². The van der Waals surface area contributed by atoms with Crippen LogP contribution in [0.4, 0.5) is 28.4 Å². The second-order valence-electron chi connectivity index (χ2n) is 8.44. The lowest BCUT2D eigenvalue weighted by atomic mass is 9.98. The predicted octanol–water partition coefficient (Wildman–Crippen LogP) is 5.47. The maximum absolute atomic E-state index is 13.0. The summed E-state index contributed by atoms with van der Waals surface area (Å²) in [5.41, 5.74) is -1.58. The minimum atomic E-state index is -4.61. The molecule has 1 fully saturated rings. The van der Waals surface area contributed by atoms with Crippen LogP contribution in [-0.4, -0.2) is 54.2 Å². The topological polar surface area (TPSA) is 61.9 Å². The van der Waals surface area contributed by atoms with Gasteiger partial charge >= 0.3 is 18.3 Å². The SMILES string of the molecule is CN(CC1CCCN(C(=O)Nc2ccc(Cl)c(C(F)(F)F)c2)C1)C(=O)OC(C)(C)C. The van der Waals surface area contributed by atoms with Crippen LogP contribution < -0.4 is 5.32 Å².